The smallest absolute Gasteiger partial charge is 0.326 e. The lowest BCUT2D eigenvalue weighted by Gasteiger charge is -2.25. The lowest BCUT2D eigenvalue weighted by atomic mass is 9.98. The summed E-state index contributed by atoms with van der Waals surface area (Å²) in [5.74, 6) is -6.88. The van der Waals surface area contributed by atoms with Gasteiger partial charge in [-0.2, -0.15) is 0 Å². The minimum Gasteiger partial charge on any atom is -0.481 e. The van der Waals surface area contributed by atoms with Crippen LogP contribution < -0.4 is 21.3 Å². The lowest BCUT2D eigenvalue weighted by molar-refractivity contribution is -0.144. The Balaban J connectivity index is 2.97. The molecule has 0 saturated carbocycles. The van der Waals surface area contributed by atoms with Crippen LogP contribution in [-0.2, 0) is 28.8 Å². The minimum absolute atomic E-state index is 0.286. The number of hydrogen-bond donors (Lipinski definition) is 7. The first-order valence-corrected chi connectivity index (χ1v) is 10.8. The van der Waals surface area contributed by atoms with Gasteiger partial charge in [0.15, 0.2) is 0 Å². The zero-order valence-electron chi connectivity index (χ0n) is 18.6. The van der Waals surface area contributed by atoms with Crippen molar-refractivity contribution in [3.8, 4) is 0 Å². The van der Waals surface area contributed by atoms with Crippen molar-refractivity contribution in [2.45, 2.75) is 76.5 Å². The number of rotatable bonds is 14. The monoisotopic (exact) mass is 472 g/mol. The molecule has 1 fully saturated rings. The average molecular weight is 472 g/mol. The minimum atomic E-state index is -1.63. The van der Waals surface area contributed by atoms with Crippen molar-refractivity contribution in [2.24, 2.45) is 5.92 Å². The fourth-order valence-corrected chi connectivity index (χ4v) is 3.31. The molecule has 13 nitrogen and oxygen atoms in total. The zero-order valence-corrected chi connectivity index (χ0v) is 18.6. The molecule has 0 aromatic heterocycles. The van der Waals surface area contributed by atoms with E-state index < -0.39 is 78.6 Å². The van der Waals surface area contributed by atoms with E-state index in [4.69, 9.17) is 10.2 Å². The van der Waals surface area contributed by atoms with Crippen LogP contribution in [0.5, 0.6) is 0 Å². The first-order valence-electron chi connectivity index (χ1n) is 10.8. The predicted octanol–water partition coefficient (Wildman–Crippen LogP) is -1.34. The van der Waals surface area contributed by atoms with Crippen molar-refractivity contribution in [3.63, 3.8) is 0 Å². The van der Waals surface area contributed by atoms with Gasteiger partial charge in [0, 0.05) is 6.42 Å². The summed E-state index contributed by atoms with van der Waals surface area (Å²) in [6, 6.07) is -4.80. The molecule has 0 aromatic rings. The van der Waals surface area contributed by atoms with Crippen molar-refractivity contribution in [1.82, 2.24) is 21.3 Å². The average Bonchev–Trinajstić information content (AvgIpc) is 3.27. The maximum atomic E-state index is 12.8. The second kappa shape index (κ2) is 13.4. The maximum absolute atomic E-state index is 12.8. The van der Waals surface area contributed by atoms with Gasteiger partial charge in [-0.15, -0.1) is 0 Å². The summed E-state index contributed by atoms with van der Waals surface area (Å²) in [5.41, 5.74) is 0. The number of carboxylic acid groups (broad SMARTS) is 3. The Labute approximate surface area is 190 Å². The summed E-state index contributed by atoms with van der Waals surface area (Å²) in [7, 11) is 0. The fraction of sp³-hybridized carbons (Fsp3) is 0.700. The maximum Gasteiger partial charge on any atom is 0.326 e. The van der Waals surface area contributed by atoms with Crippen LogP contribution in [0.1, 0.15) is 52.4 Å². The molecule has 33 heavy (non-hydrogen) atoms. The molecule has 1 saturated heterocycles. The van der Waals surface area contributed by atoms with E-state index >= 15 is 0 Å². The first kappa shape index (κ1) is 27.8. The van der Waals surface area contributed by atoms with Crippen molar-refractivity contribution >= 4 is 35.6 Å². The van der Waals surface area contributed by atoms with E-state index in [0.29, 0.717) is 19.4 Å². The Morgan fingerprint density at radius 2 is 1.58 bits per heavy atom. The second-order valence-electron chi connectivity index (χ2n) is 8.01. The normalized spacial score (nSPS) is 18.9. The Kier molecular flexibility index (Phi) is 11.3. The highest BCUT2D eigenvalue weighted by atomic mass is 16.4. The highest BCUT2D eigenvalue weighted by molar-refractivity contribution is 5.95. The van der Waals surface area contributed by atoms with E-state index in [9.17, 15) is 33.9 Å². The van der Waals surface area contributed by atoms with Crippen molar-refractivity contribution in [1.29, 1.82) is 0 Å². The molecule has 0 spiro atoms. The molecule has 5 atom stereocenters. The van der Waals surface area contributed by atoms with Gasteiger partial charge in [0.2, 0.25) is 17.7 Å². The van der Waals surface area contributed by atoms with Crippen LogP contribution in [0.15, 0.2) is 0 Å². The van der Waals surface area contributed by atoms with Gasteiger partial charge in [0.05, 0.1) is 12.5 Å². The second-order valence-corrected chi connectivity index (χ2v) is 8.01. The van der Waals surface area contributed by atoms with Crippen molar-refractivity contribution < 1.29 is 44.1 Å². The predicted molar refractivity (Wildman–Crippen MR) is 113 cm³/mol. The topological polar surface area (TPSA) is 211 Å². The van der Waals surface area contributed by atoms with Crippen LogP contribution >= 0.6 is 0 Å². The van der Waals surface area contributed by atoms with Gasteiger partial charge in [-0.25, -0.2) is 4.79 Å². The Morgan fingerprint density at radius 3 is 2.06 bits per heavy atom. The van der Waals surface area contributed by atoms with Crippen LogP contribution in [0.4, 0.5) is 0 Å². The molecule has 0 aromatic carbocycles. The third-order valence-corrected chi connectivity index (χ3v) is 5.45. The Morgan fingerprint density at radius 1 is 0.939 bits per heavy atom. The summed E-state index contributed by atoms with van der Waals surface area (Å²) in [6.45, 7) is 3.93. The van der Waals surface area contributed by atoms with Crippen molar-refractivity contribution in [2.75, 3.05) is 6.54 Å². The highest BCUT2D eigenvalue weighted by Gasteiger charge is 2.33. The number of carbonyl (C=O) groups excluding carboxylic acids is 3. The lowest BCUT2D eigenvalue weighted by Crippen LogP contribution is -2.58. The standard InChI is InChI=1S/C20H32N4O9/c1-3-10(2)16(20(32)33)24-19(31)13(9-15(27)28)23-18(30)12(6-7-14(25)26)22-17(29)11-5-4-8-21-11/h10-13,16,21H,3-9H2,1-2H3,(H,22,29)(H,23,30)(H,24,31)(H,25,26)(H,27,28)(H,32,33). The van der Waals surface area contributed by atoms with Crippen LogP contribution in [0.3, 0.4) is 0 Å². The van der Waals surface area contributed by atoms with Crippen LogP contribution in [-0.4, -0.2) is 81.7 Å². The molecule has 186 valence electrons. The summed E-state index contributed by atoms with van der Waals surface area (Å²) in [4.78, 5) is 71.5. The van der Waals surface area contributed by atoms with Gasteiger partial charge in [-0.3, -0.25) is 24.0 Å². The van der Waals surface area contributed by atoms with Crippen molar-refractivity contribution in [3.05, 3.63) is 0 Å². The molecule has 1 aliphatic rings. The van der Waals surface area contributed by atoms with Crippen LogP contribution in [0.2, 0.25) is 0 Å². The molecule has 1 heterocycles. The van der Waals surface area contributed by atoms with E-state index in [2.05, 4.69) is 21.3 Å². The summed E-state index contributed by atoms with van der Waals surface area (Å²) < 4.78 is 0. The Bertz CT molecular complexity index is 752. The van der Waals surface area contributed by atoms with Gasteiger partial charge < -0.3 is 36.6 Å². The highest BCUT2D eigenvalue weighted by Crippen LogP contribution is 2.10. The third kappa shape index (κ3) is 9.43. The van der Waals surface area contributed by atoms with Gasteiger partial charge in [0.1, 0.15) is 18.1 Å². The zero-order chi connectivity index (χ0) is 25.1. The fourth-order valence-electron chi connectivity index (χ4n) is 3.31. The number of aliphatic carboxylic acids is 3. The molecular weight excluding hydrogens is 440 g/mol. The van der Waals surface area contributed by atoms with Gasteiger partial charge in [0.25, 0.3) is 0 Å². The van der Waals surface area contributed by atoms with E-state index in [1.54, 1.807) is 13.8 Å². The number of carbonyl (C=O) groups is 6. The molecule has 0 aliphatic carbocycles. The molecule has 0 bridgehead atoms. The van der Waals surface area contributed by atoms with E-state index in [0.717, 1.165) is 6.42 Å². The third-order valence-electron chi connectivity index (χ3n) is 5.45. The number of nitrogens with one attached hydrogen (secondary N) is 4. The largest absolute Gasteiger partial charge is 0.481 e. The summed E-state index contributed by atoms with van der Waals surface area (Å²) in [5, 5.41) is 37.3. The molecule has 3 amide bonds. The molecule has 7 N–H and O–H groups in total. The van der Waals surface area contributed by atoms with Crippen LogP contribution in [0, 0.1) is 5.92 Å². The molecule has 13 heteroatoms. The first-order chi connectivity index (χ1) is 15.5. The molecular formula is C20H32N4O9. The van der Waals surface area contributed by atoms with E-state index in [-0.39, 0.29) is 6.42 Å². The number of amides is 3. The van der Waals surface area contributed by atoms with Gasteiger partial charge in [-0.1, -0.05) is 20.3 Å². The molecule has 1 rings (SSSR count). The molecule has 1 aliphatic heterocycles. The van der Waals surface area contributed by atoms with Gasteiger partial charge in [-0.05, 0) is 31.7 Å². The van der Waals surface area contributed by atoms with E-state index in [1.165, 1.54) is 0 Å². The van der Waals surface area contributed by atoms with E-state index in [1.807, 2.05) is 0 Å². The molecule has 5 unspecified atom stereocenters. The molecule has 0 radical (unpaired) electrons. The summed E-state index contributed by atoms with van der Waals surface area (Å²) >= 11 is 0. The Hall–Kier alpha value is -3.22. The summed E-state index contributed by atoms with van der Waals surface area (Å²) in [6.07, 6.45) is 0.133. The number of hydrogen-bond acceptors (Lipinski definition) is 7. The SMILES string of the molecule is CCC(C)C(NC(=O)C(CC(=O)O)NC(=O)C(CCC(=O)O)NC(=O)C1CCCN1)C(=O)O. The van der Waals surface area contributed by atoms with Gasteiger partial charge >= 0.3 is 17.9 Å². The quantitative estimate of drug-likeness (QED) is 0.158. The van der Waals surface area contributed by atoms with Crippen LogP contribution in [0.25, 0.3) is 0 Å². The number of carboxylic acids is 3.